The molecule has 0 N–H and O–H groups in total. The molecule has 1 aliphatic heterocycles. The number of aromatic nitrogens is 2. The van der Waals surface area contributed by atoms with Crippen LogP contribution in [0.4, 0.5) is 0 Å². The Labute approximate surface area is 143 Å². The van der Waals surface area contributed by atoms with Crippen molar-refractivity contribution in [3.63, 3.8) is 0 Å². The highest BCUT2D eigenvalue weighted by Gasteiger charge is 2.15. The van der Waals surface area contributed by atoms with Gasteiger partial charge in [0.25, 0.3) is 0 Å². The van der Waals surface area contributed by atoms with Crippen molar-refractivity contribution in [1.82, 2.24) is 14.5 Å². The number of rotatable bonds is 5. The minimum atomic E-state index is 0.899. The molecule has 0 bridgehead atoms. The number of imidazole rings is 1. The van der Waals surface area contributed by atoms with Gasteiger partial charge in [0.1, 0.15) is 5.82 Å². The van der Waals surface area contributed by atoms with Crippen molar-refractivity contribution in [2.24, 2.45) is 0 Å². The SMILES string of the molecule is Cc1ccc(Cn2c(CCN3CCCC3)nc3ccccc32)cc1. The van der Waals surface area contributed by atoms with Crippen LogP contribution in [0.1, 0.15) is 29.8 Å². The van der Waals surface area contributed by atoms with E-state index in [1.807, 2.05) is 0 Å². The number of hydrogen-bond acceptors (Lipinski definition) is 2. The molecule has 1 aromatic heterocycles. The van der Waals surface area contributed by atoms with E-state index < -0.39 is 0 Å². The normalized spacial score (nSPS) is 15.4. The molecule has 1 aliphatic rings. The number of para-hydroxylation sites is 2. The van der Waals surface area contributed by atoms with Gasteiger partial charge in [-0.05, 0) is 50.6 Å². The zero-order valence-corrected chi connectivity index (χ0v) is 14.4. The summed E-state index contributed by atoms with van der Waals surface area (Å²) in [6.45, 7) is 6.65. The van der Waals surface area contributed by atoms with E-state index in [9.17, 15) is 0 Å². The smallest absolute Gasteiger partial charge is 0.111 e. The van der Waals surface area contributed by atoms with Crippen LogP contribution in [0.15, 0.2) is 48.5 Å². The molecule has 3 heteroatoms. The quantitative estimate of drug-likeness (QED) is 0.708. The first-order chi connectivity index (χ1) is 11.8. The van der Waals surface area contributed by atoms with Gasteiger partial charge in [-0.2, -0.15) is 0 Å². The van der Waals surface area contributed by atoms with Crippen LogP contribution in [0.3, 0.4) is 0 Å². The van der Waals surface area contributed by atoms with Gasteiger partial charge in [-0.3, -0.25) is 0 Å². The van der Waals surface area contributed by atoms with Crippen LogP contribution in [0, 0.1) is 6.92 Å². The zero-order valence-electron chi connectivity index (χ0n) is 14.4. The Balaban J connectivity index is 1.62. The second-order valence-corrected chi connectivity index (χ2v) is 6.89. The van der Waals surface area contributed by atoms with Crippen molar-refractivity contribution in [2.75, 3.05) is 19.6 Å². The fourth-order valence-electron chi connectivity index (χ4n) is 3.63. The lowest BCUT2D eigenvalue weighted by Crippen LogP contribution is -2.23. The molecule has 0 spiro atoms. The summed E-state index contributed by atoms with van der Waals surface area (Å²) in [5, 5.41) is 0. The molecule has 3 nitrogen and oxygen atoms in total. The van der Waals surface area contributed by atoms with Gasteiger partial charge in [-0.15, -0.1) is 0 Å². The fourth-order valence-corrected chi connectivity index (χ4v) is 3.63. The summed E-state index contributed by atoms with van der Waals surface area (Å²) in [6.07, 6.45) is 3.72. The van der Waals surface area contributed by atoms with Crippen LogP contribution in [0.5, 0.6) is 0 Å². The third-order valence-corrected chi connectivity index (χ3v) is 5.05. The van der Waals surface area contributed by atoms with Crippen molar-refractivity contribution < 1.29 is 0 Å². The van der Waals surface area contributed by atoms with Gasteiger partial charge in [0, 0.05) is 19.5 Å². The van der Waals surface area contributed by atoms with Crippen LogP contribution in [0.2, 0.25) is 0 Å². The molecule has 2 heterocycles. The van der Waals surface area contributed by atoms with E-state index in [0.29, 0.717) is 0 Å². The first-order valence-electron chi connectivity index (χ1n) is 9.02. The Hall–Kier alpha value is -2.13. The largest absolute Gasteiger partial charge is 0.323 e. The fraction of sp³-hybridized carbons (Fsp3) is 0.381. The molecule has 1 saturated heterocycles. The summed E-state index contributed by atoms with van der Waals surface area (Å²) in [5.74, 6) is 1.21. The Kier molecular flexibility index (Phi) is 4.35. The predicted molar refractivity (Wildman–Crippen MR) is 99.4 cm³/mol. The summed E-state index contributed by atoms with van der Waals surface area (Å²) in [4.78, 5) is 7.49. The maximum Gasteiger partial charge on any atom is 0.111 e. The molecule has 0 atom stereocenters. The van der Waals surface area contributed by atoms with Gasteiger partial charge in [0.15, 0.2) is 0 Å². The minimum absolute atomic E-state index is 0.899. The molecule has 0 amide bonds. The Morgan fingerprint density at radius 3 is 2.50 bits per heavy atom. The number of benzene rings is 2. The number of nitrogens with zero attached hydrogens (tertiary/aromatic N) is 3. The number of hydrogen-bond donors (Lipinski definition) is 0. The summed E-state index contributed by atoms with van der Waals surface area (Å²) in [6, 6.07) is 17.4. The van der Waals surface area contributed by atoms with Crippen molar-refractivity contribution in [1.29, 1.82) is 0 Å². The summed E-state index contributed by atoms with van der Waals surface area (Å²) in [7, 11) is 0. The van der Waals surface area contributed by atoms with Crippen LogP contribution < -0.4 is 0 Å². The van der Waals surface area contributed by atoms with E-state index >= 15 is 0 Å². The minimum Gasteiger partial charge on any atom is -0.323 e. The van der Waals surface area contributed by atoms with E-state index in [2.05, 4.69) is 64.9 Å². The van der Waals surface area contributed by atoms with Crippen molar-refractivity contribution in [3.05, 3.63) is 65.5 Å². The van der Waals surface area contributed by atoms with Crippen LogP contribution >= 0.6 is 0 Å². The average molecular weight is 319 g/mol. The molecule has 124 valence electrons. The molecule has 0 aliphatic carbocycles. The lowest BCUT2D eigenvalue weighted by Gasteiger charge is -2.15. The number of fused-ring (bicyclic) bond motifs is 1. The van der Waals surface area contributed by atoms with Gasteiger partial charge in [0.2, 0.25) is 0 Å². The molecule has 0 saturated carbocycles. The molecule has 4 rings (SSSR count). The molecule has 24 heavy (non-hydrogen) atoms. The summed E-state index contributed by atoms with van der Waals surface area (Å²) < 4.78 is 2.40. The monoisotopic (exact) mass is 319 g/mol. The van der Waals surface area contributed by atoms with Crippen molar-refractivity contribution in [2.45, 2.75) is 32.7 Å². The second kappa shape index (κ2) is 6.78. The first kappa shape index (κ1) is 15.4. The van der Waals surface area contributed by atoms with Crippen molar-refractivity contribution in [3.8, 4) is 0 Å². The molecular weight excluding hydrogens is 294 g/mol. The number of likely N-dealkylation sites (tertiary alicyclic amines) is 1. The van der Waals surface area contributed by atoms with E-state index in [4.69, 9.17) is 4.98 Å². The topological polar surface area (TPSA) is 21.1 Å². The lowest BCUT2D eigenvalue weighted by atomic mass is 10.1. The van der Waals surface area contributed by atoms with Gasteiger partial charge in [0.05, 0.1) is 11.0 Å². The predicted octanol–water partition coefficient (Wildman–Crippen LogP) is 4.03. The van der Waals surface area contributed by atoms with Gasteiger partial charge >= 0.3 is 0 Å². The highest BCUT2D eigenvalue weighted by atomic mass is 15.1. The van der Waals surface area contributed by atoms with E-state index in [-0.39, 0.29) is 0 Å². The van der Waals surface area contributed by atoms with Gasteiger partial charge < -0.3 is 9.47 Å². The van der Waals surface area contributed by atoms with Gasteiger partial charge in [-0.25, -0.2) is 4.98 Å². The van der Waals surface area contributed by atoms with E-state index in [0.717, 1.165) is 25.0 Å². The molecular formula is C21H25N3. The standard InChI is InChI=1S/C21H25N3/c1-17-8-10-18(11-9-17)16-24-20-7-3-2-6-19(20)22-21(24)12-15-23-13-4-5-14-23/h2-3,6-11H,4-5,12-16H2,1H3. The van der Waals surface area contributed by atoms with Crippen molar-refractivity contribution >= 4 is 11.0 Å². The Morgan fingerprint density at radius 2 is 1.71 bits per heavy atom. The van der Waals surface area contributed by atoms with Crippen LogP contribution in [0.25, 0.3) is 11.0 Å². The maximum atomic E-state index is 4.92. The lowest BCUT2D eigenvalue weighted by molar-refractivity contribution is 0.339. The highest BCUT2D eigenvalue weighted by Crippen LogP contribution is 2.19. The molecule has 0 unspecified atom stereocenters. The molecule has 1 fully saturated rings. The number of aryl methyl sites for hydroxylation is 1. The first-order valence-corrected chi connectivity index (χ1v) is 9.02. The van der Waals surface area contributed by atoms with Crippen LogP contribution in [-0.4, -0.2) is 34.1 Å². The summed E-state index contributed by atoms with van der Waals surface area (Å²) >= 11 is 0. The highest BCUT2D eigenvalue weighted by molar-refractivity contribution is 5.76. The van der Waals surface area contributed by atoms with Gasteiger partial charge in [-0.1, -0.05) is 42.0 Å². The van der Waals surface area contributed by atoms with E-state index in [1.165, 1.54) is 48.4 Å². The Morgan fingerprint density at radius 1 is 0.958 bits per heavy atom. The zero-order chi connectivity index (χ0) is 16.4. The second-order valence-electron chi connectivity index (χ2n) is 6.89. The molecule has 0 radical (unpaired) electrons. The maximum absolute atomic E-state index is 4.92. The average Bonchev–Trinajstić information content (AvgIpc) is 3.23. The molecule has 3 aromatic rings. The Bertz CT molecular complexity index is 811. The molecule has 2 aromatic carbocycles. The van der Waals surface area contributed by atoms with E-state index in [1.54, 1.807) is 0 Å². The van der Waals surface area contributed by atoms with Crippen LogP contribution in [-0.2, 0) is 13.0 Å². The third-order valence-electron chi connectivity index (χ3n) is 5.05. The third kappa shape index (κ3) is 3.22. The summed E-state index contributed by atoms with van der Waals surface area (Å²) in [5.41, 5.74) is 5.00.